The number of carboxylic acids is 1. The average molecular weight is 215 g/mol. The first kappa shape index (κ1) is 11.9. The summed E-state index contributed by atoms with van der Waals surface area (Å²) in [6.45, 7) is 1.85. The fourth-order valence-electron chi connectivity index (χ4n) is 2.63. The third-order valence-electron chi connectivity index (χ3n) is 3.37. The zero-order valence-corrected chi connectivity index (χ0v) is 8.94. The summed E-state index contributed by atoms with van der Waals surface area (Å²) >= 11 is 0. The molecule has 0 saturated heterocycles. The Hall–Kier alpha value is -1.13. The third-order valence-corrected chi connectivity index (χ3v) is 3.37. The summed E-state index contributed by atoms with van der Waals surface area (Å²) in [4.78, 5) is 20.9. The summed E-state index contributed by atoms with van der Waals surface area (Å²) in [6.07, 6.45) is 3.22. The maximum Gasteiger partial charge on any atom is 0.304 e. The minimum Gasteiger partial charge on any atom is -0.481 e. The normalized spacial score (nSPS) is 30.3. The molecule has 86 valence electrons. The van der Waals surface area contributed by atoms with Crippen LogP contribution in [0.25, 0.3) is 0 Å². The van der Waals surface area contributed by atoms with Crippen molar-refractivity contribution in [3.63, 3.8) is 0 Å². The molecule has 5 nitrogen and oxygen atoms in total. The van der Waals surface area contributed by atoms with Crippen LogP contribution in [0.5, 0.6) is 0 Å². The van der Waals surface area contributed by atoms with Gasteiger partial charge in [-0.05, 0) is 25.2 Å². The van der Waals surface area contributed by atoms with Crippen molar-refractivity contribution in [1.82, 2.24) is 0 Å². The van der Waals surface area contributed by atoms with Gasteiger partial charge in [-0.15, -0.1) is 0 Å². The maximum absolute atomic E-state index is 10.7. The third kappa shape index (κ3) is 3.18. The molecule has 5 heteroatoms. The lowest BCUT2D eigenvalue weighted by Crippen LogP contribution is -2.30. The van der Waals surface area contributed by atoms with Gasteiger partial charge in [0.25, 0.3) is 0 Å². The van der Waals surface area contributed by atoms with E-state index in [0.29, 0.717) is 18.8 Å². The molecule has 0 aromatic rings. The van der Waals surface area contributed by atoms with Gasteiger partial charge in [0.2, 0.25) is 6.54 Å². The Bertz CT molecular complexity index is 248. The number of hydrogen-bond donors (Lipinski definition) is 1. The van der Waals surface area contributed by atoms with Crippen molar-refractivity contribution in [3.05, 3.63) is 10.1 Å². The lowest BCUT2D eigenvalue weighted by Gasteiger charge is -2.22. The predicted molar refractivity (Wildman–Crippen MR) is 54.2 cm³/mol. The molecule has 0 heterocycles. The first-order valence-electron chi connectivity index (χ1n) is 5.31. The molecule has 0 amide bonds. The number of carbonyl (C=O) groups is 1. The van der Waals surface area contributed by atoms with E-state index in [9.17, 15) is 14.9 Å². The molecular formula is C10H17NO4. The molecule has 15 heavy (non-hydrogen) atoms. The predicted octanol–water partition coefficient (Wildman–Crippen LogP) is 1.93. The molecule has 0 bridgehead atoms. The van der Waals surface area contributed by atoms with Crippen molar-refractivity contribution < 1.29 is 14.8 Å². The summed E-state index contributed by atoms with van der Waals surface area (Å²) < 4.78 is 0. The zero-order chi connectivity index (χ0) is 11.5. The minimum absolute atomic E-state index is 0.0650. The van der Waals surface area contributed by atoms with Gasteiger partial charge in [0.15, 0.2) is 0 Å². The molecule has 0 radical (unpaired) electrons. The van der Waals surface area contributed by atoms with E-state index in [2.05, 4.69) is 0 Å². The van der Waals surface area contributed by atoms with Crippen molar-refractivity contribution in [2.45, 2.75) is 39.0 Å². The second-order valence-electron chi connectivity index (χ2n) is 4.58. The molecule has 1 fully saturated rings. The number of nitrogens with zero attached hydrogens (tertiary/aromatic N) is 1. The molecule has 2 atom stereocenters. The molecule has 1 N–H and O–H groups in total. The number of rotatable bonds is 5. The fraction of sp³-hybridized carbons (Fsp3) is 0.900. The quantitative estimate of drug-likeness (QED) is 0.561. The summed E-state index contributed by atoms with van der Waals surface area (Å²) in [5.74, 6) is -0.460. The highest BCUT2D eigenvalue weighted by Crippen LogP contribution is 2.45. The van der Waals surface area contributed by atoms with Gasteiger partial charge in [0, 0.05) is 10.3 Å². The molecule has 0 spiro atoms. The summed E-state index contributed by atoms with van der Waals surface area (Å²) in [5.41, 5.74) is -0.587. The largest absolute Gasteiger partial charge is 0.481 e. The topological polar surface area (TPSA) is 80.4 Å². The lowest BCUT2D eigenvalue weighted by molar-refractivity contribution is -0.497. The van der Waals surface area contributed by atoms with Gasteiger partial charge in [-0.2, -0.15) is 0 Å². The highest BCUT2D eigenvalue weighted by Gasteiger charge is 2.44. The number of hydrogen-bond acceptors (Lipinski definition) is 3. The van der Waals surface area contributed by atoms with Crippen LogP contribution < -0.4 is 0 Å². The molecule has 2 unspecified atom stereocenters. The Morgan fingerprint density at radius 2 is 2.33 bits per heavy atom. The maximum atomic E-state index is 10.7. The summed E-state index contributed by atoms with van der Waals surface area (Å²) in [6, 6.07) is 0. The smallest absolute Gasteiger partial charge is 0.304 e. The second kappa shape index (κ2) is 4.59. The zero-order valence-electron chi connectivity index (χ0n) is 8.94. The van der Waals surface area contributed by atoms with E-state index in [-0.39, 0.29) is 17.9 Å². The van der Waals surface area contributed by atoms with Crippen LogP contribution in [0.3, 0.4) is 0 Å². The molecular weight excluding hydrogens is 198 g/mol. The minimum atomic E-state index is -0.923. The molecule has 1 aliphatic rings. The van der Waals surface area contributed by atoms with Crippen LogP contribution in [-0.4, -0.2) is 22.5 Å². The van der Waals surface area contributed by atoms with E-state index < -0.39 is 11.4 Å². The molecule has 1 saturated carbocycles. The van der Waals surface area contributed by atoms with Crippen molar-refractivity contribution in [2.75, 3.05) is 6.54 Å². The van der Waals surface area contributed by atoms with Gasteiger partial charge in [0.1, 0.15) is 0 Å². The first-order valence-corrected chi connectivity index (χ1v) is 5.31. The van der Waals surface area contributed by atoms with E-state index in [1.165, 1.54) is 0 Å². The molecule has 1 rings (SSSR count). The van der Waals surface area contributed by atoms with E-state index in [4.69, 9.17) is 5.11 Å². The van der Waals surface area contributed by atoms with Gasteiger partial charge in [-0.3, -0.25) is 14.9 Å². The number of nitro groups is 1. The Kier molecular flexibility index (Phi) is 3.66. The Balaban J connectivity index is 2.69. The van der Waals surface area contributed by atoms with E-state index in [1.807, 2.05) is 6.92 Å². The van der Waals surface area contributed by atoms with Crippen molar-refractivity contribution in [2.24, 2.45) is 11.3 Å². The molecule has 0 aliphatic heterocycles. The van der Waals surface area contributed by atoms with Gasteiger partial charge >= 0.3 is 5.97 Å². The second-order valence-corrected chi connectivity index (χ2v) is 4.58. The van der Waals surface area contributed by atoms with Crippen LogP contribution >= 0.6 is 0 Å². The van der Waals surface area contributed by atoms with Gasteiger partial charge < -0.3 is 5.11 Å². The van der Waals surface area contributed by atoms with Crippen LogP contribution in [0.2, 0.25) is 0 Å². The Morgan fingerprint density at radius 1 is 1.67 bits per heavy atom. The summed E-state index contributed by atoms with van der Waals surface area (Å²) in [7, 11) is 0. The number of carboxylic acid groups (broad SMARTS) is 1. The van der Waals surface area contributed by atoms with Crippen LogP contribution in [0.1, 0.15) is 39.0 Å². The lowest BCUT2D eigenvalue weighted by atomic mass is 9.81. The van der Waals surface area contributed by atoms with Crippen molar-refractivity contribution in [1.29, 1.82) is 0 Å². The standard InChI is InChI=1S/C10H17NO4/c1-2-8-3-4-10(5-8,6-9(12)13)7-11(14)15/h8H,2-7H2,1H3,(H,12,13). The number of aliphatic carboxylic acids is 1. The average Bonchev–Trinajstić information content (AvgIpc) is 2.45. The van der Waals surface area contributed by atoms with Gasteiger partial charge in [0.05, 0.1) is 6.42 Å². The van der Waals surface area contributed by atoms with Crippen LogP contribution in [0.15, 0.2) is 0 Å². The molecule has 0 aromatic heterocycles. The van der Waals surface area contributed by atoms with Gasteiger partial charge in [-0.25, -0.2) is 0 Å². The van der Waals surface area contributed by atoms with E-state index >= 15 is 0 Å². The van der Waals surface area contributed by atoms with E-state index in [1.54, 1.807) is 0 Å². The monoisotopic (exact) mass is 215 g/mol. The highest BCUT2D eigenvalue weighted by molar-refractivity contribution is 5.67. The first-order chi connectivity index (χ1) is 6.97. The Morgan fingerprint density at radius 3 is 2.73 bits per heavy atom. The van der Waals surface area contributed by atoms with Crippen LogP contribution in [0.4, 0.5) is 0 Å². The van der Waals surface area contributed by atoms with Crippen molar-refractivity contribution >= 4 is 5.97 Å². The van der Waals surface area contributed by atoms with Crippen molar-refractivity contribution in [3.8, 4) is 0 Å². The SMILES string of the molecule is CCC1CCC(CC(=O)O)(C[N+](=O)[O-])C1. The fourth-order valence-corrected chi connectivity index (χ4v) is 2.63. The highest BCUT2D eigenvalue weighted by atomic mass is 16.6. The van der Waals surface area contributed by atoms with E-state index in [0.717, 1.165) is 12.8 Å². The van der Waals surface area contributed by atoms with Crippen LogP contribution in [-0.2, 0) is 4.79 Å². The molecule has 0 aromatic carbocycles. The summed E-state index contributed by atoms with van der Waals surface area (Å²) in [5, 5.41) is 19.3. The molecule has 1 aliphatic carbocycles. The van der Waals surface area contributed by atoms with Crippen LogP contribution in [0, 0.1) is 21.4 Å². The Labute approximate surface area is 88.6 Å². The van der Waals surface area contributed by atoms with Gasteiger partial charge in [-0.1, -0.05) is 13.3 Å².